The zero-order valence-electron chi connectivity index (χ0n) is 11.2. The predicted molar refractivity (Wildman–Crippen MR) is 80.7 cm³/mol. The Balaban J connectivity index is 2.21. The molecule has 0 saturated heterocycles. The van der Waals surface area contributed by atoms with Crippen LogP contribution in [0.15, 0.2) is 40.9 Å². The van der Waals surface area contributed by atoms with Crippen molar-refractivity contribution in [3.05, 3.63) is 63.6 Å². The normalized spacial score (nSPS) is 10.5. The van der Waals surface area contributed by atoms with E-state index in [0.29, 0.717) is 11.3 Å². The minimum Gasteiger partial charge on any atom is -0.398 e. The number of anilines is 1. The number of hydrogen-bond donors (Lipinski definition) is 1. The number of carbonyl (C=O) groups excluding carboxylic acids is 1. The minimum atomic E-state index is -0.683. The van der Waals surface area contributed by atoms with Crippen molar-refractivity contribution in [3.8, 4) is 0 Å². The zero-order valence-corrected chi connectivity index (χ0v) is 12.8. The summed E-state index contributed by atoms with van der Waals surface area (Å²) >= 11 is 3.27. The van der Waals surface area contributed by atoms with Crippen LogP contribution in [0.2, 0.25) is 0 Å². The highest BCUT2D eigenvalue weighted by atomic mass is 79.9. The molecule has 2 N–H and O–H groups in total. The Morgan fingerprint density at radius 1 is 1.24 bits per heavy atom. The van der Waals surface area contributed by atoms with Gasteiger partial charge < -0.3 is 10.6 Å². The van der Waals surface area contributed by atoms with Crippen molar-refractivity contribution in [2.24, 2.45) is 0 Å². The van der Waals surface area contributed by atoms with Gasteiger partial charge in [0.25, 0.3) is 5.91 Å². The second-order valence-corrected chi connectivity index (χ2v) is 5.54. The number of nitrogens with zero attached hydrogens (tertiary/aromatic N) is 1. The van der Waals surface area contributed by atoms with E-state index in [1.54, 1.807) is 18.2 Å². The molecule has 2 rings (SSSR count). The molecule has 21 heavy (non-hydrogen) atoms. The fourth-order valence-corrected chi connectivity index (χ4v) is 2.26. The average Bonchev–Trinajstić information content (AvgIpc) is 2.43. The maximum atomic E-state index is 13.6. The summed E-state index contributed by atoms with van der Waals surface area (Å²) in [7, 11) is 1.53. The van der Waals surface area contributed by atoms with E-state index in [9.17, 15) is 13.6 Å². The molecule has 0 unspecified atom stereocenters. The van der Waals surface area contributed by atoms with E-state index in [1.807, 2.05) is 0 Å². The Kier molecular flexibility index (Phi) is 4.57. The molecule has 0 fully saturated rings. The first kappa shape index (κ1) is 15.4. The van der Waals surface area contributed by atoms with Crippen molar-refractivity contribution < 1.29 is 13.6 Å². The number of halogens is 3. The first-order chi connectivity index (χ1) is 9.88. The molecule has 0 heterocycles. The quantitative estimate of drug-likeness (QED) is 0.856. The van der Waals surface area contributed by atoms with Gasteiger partial charge in [0.1, 0.15) is 11.6 Å². The standard InChI is InChI=1S/C15H13BrF2N2O/c1-20(8-9-2-4-11(17)7-13(9)18)15(21)12-6-10(16)3-5-14(12)19/h2-7H,8,19H2,1H3. The van der Waals surface area contributed by atoms with E-state index >= 15 is 0 Å². The summed E-state index contributed by atoms with van der Waals surface area (Å²) in [5, 5.41) is 0. The Labute approximate surface area is 129 Å². The number of nitrogens with two attached hydrogens (primary N) is 1. The average molecular weight is 355 g/mol. The van der Waals surface area contributed by atoms with Gasteiger partial charge in [0.2, 0.25) is 0 Å². The molecule has 0 radical (unpaired) electrons. The third kappa shape index (κ3) is 3.58. The second-order valence-electron chi connectivity index (χ2n) is 4.63. The Morgan fingerprint density at radius 3 is 2.62 bits per heavy atom. The van der Waals surface area contributed by atoms with Crippen molar-refractivity contribution in [2.75, 3.05) is 12.8 Å². The fourth-order valence-electron chi connectivity index (χ4n) is 1.90. The predicted octanol–water partition coefficient (Wildman–Crippen LogP) is 3.58. The van der Waals surface area contributed by atoms with E-state index in [2.05, 4.69) is 15.9 Å². The van der Waals surface area contributed by atoms with E-state index in [1.165, 1.54) is 18.0 Å². The van der Waals surface area contributed by atoms with Crippen molar-refractivity contribution in [3.63, 3.8) is 0 Å². The fraction of sp³-hybridized carbons (Fsp3) is 0.133. The van der Waals surface area contributed by atoms with Crippen LogP contribution in [0.1, 0.15) is 15.9 Å². The molecule has 0 aromatic heterocycles. The number of nitrogen functional groups attached to an aromatic ring is 1. The lowest BCUT2D eigenvalue weighted by Crippen LogP contribution is -2.27. The summed E-state index contributed by atoms with van der Waals surface area (Å²) in [6.07, 6.45) is 0. The van der Waals surface area contributed by atoms with Crippen LogP contribution < -0.4 is 5.73 Å². The number of benzene rings is 2. The van der Waals surface area contributed by atoms with Gasteiger partial charge in [0, 0.05) is 35.4 Å². The Bertz CT molecular complexity index is 691. The highest BCUT2D eigenvalue weighted by Crippen LogP contribution is 2.21. The van der Waals surface area contributed by atoms with Crippen LogP contribution in [-0.2, 0) is 6.54 Å². The molecular formula is C15H13BrF2N2O. The van der Waals surface area contributed by atoms with Crippen molar-refractivity contribution in [2.45, 2.75) is 6.54 Å². The summed E-state index contributed by atoms with van der Waals surface area (Å²) in [5.41, 5.74) is 6.69. The van der Waals surface area contributed by atoms with Gasteiger partial charge in [-0.2, -0.15) is 0 Å². The number of amides is 1. The summed E-state index contributed by atoms with van der Waals surface area (Å²) in [6.45, 7) is 0.0247. The molecule has 2 aromatic rings. The van der Waals surface area contributed by atoms with Gasteiger partial charge in [0.15, 0.2) is 0 Å². The lowest BCUT2D eigenvalue weighted by atomic mass is 10.1. The molecule has 0 aliphatic rings. The van der Waals surface area contributed by atoms with Gasteiger partial charge in [-0.25, -0.2) is 8.78 Å². The van der Waals surface area contributed by atoms with Crippen molar-refractivity contribution >= 4 is 27.5 Å². The van der Waals surface area contributed by atoms with Gasteiger partial charge >= 0.3 is 0 Å². The molecule has 0 spiro atoms. The van der Waals surface area contributed by atoms with Crippen LogP contribution in [0, 0.1) is 11.6 Å². The smallest absolute Gasteiger partial charge is 0.256 e. The van der Waals surface area contributed by atoms with Gasteiger partial charge in [0.05, 0.1) is 5.56 Å². The molecule has 110 valence electrons. The first-order valence-electron chi connectivity index (χ1n) is 6.13. The van der Waals surface area contributed by atoms with Crippen LogP contribution in [0.5, 0.6) is 0 Å². The van der Waals surface area contributed by atoms with E-state index < -0.39 is 11.6 Å². The highest BCUT2D eigenvalue weighted by Gasteiger charge is 2.17. The molecule has 0 aliphatic heterocycles. The lowest BCUT2D eigenvalue weighted by molar-refractivity contribution is 0.0785. The summed E-state index contributed by atoms with van der Waals surface area (Å²) < 4.78 is 27.2. The molecule has 0 saturated carbocycles. The number of rotatable bonds is 3. The Morgan fingerprint density at radius 2 is 1.95 bits per heavy atom. The molecular weight excluding hydrogens is 342 g/mol. The van der Waals surface area contributed by atoms with Crippen LogP contribution in [0.3, 0.4) is 0 Å². The monoisotopic (exact) mass is 354 g/mol. The van der Waals surface area contributed by atoms with Crippen molar-refractivity contribution in [1.29, 1.82) is 0 Å². The third-order valence-corrected chi connectivity index (χ3v) is 3.51. The van der Waals surface area contributed by atoms with Crippen LogP contribution in [0.25, 0.3) is 0 Å². The maximum Gasteiger partial charge on any atom is 0.256 e. The summed E-state index contributed by atoms with van der Waals surface area (Å²) in [4.78, 5) is 13.7. The third-order valence-electron chi connectivity index (χ3n) is 3.02. The SMILES string of the molecule is CN(Cc1ccc(F)cc1F)C(=O)c1cc(Br)ccc1N. The highest BCUT2D eigenvalue weighted by molar-refractivity contribution is 9.10. The van der Waals surface area contributed by atoms with Crippen molar-refractivity contribution in [1.82, 2.24) is 4.90 Å². The van der Waals surface area contributed by atoms with E-state index in [0.717, 1.165) is 16.6 Å². The molecule has 0 aliphatic carbocycles. The lowest BCUT2D eigenvalue weighted by Gasteiger charge is -2.19. The molecule has 0 atom stereocenters. The molecule has 3 nitrogen and oxygen atoms in total. The van der Waals surface area contributed by atoms with E-state index in [-0.39, 0.29) is 18.0 Å². The summed E-state index contributed by atoms with van der Waals surface area (Å²) in [6, 6.07) is 8.22. The topological polar surface area (TPSA) is 46.3 Å². The number of carbonyl (C=O) groups is 1. The maximum absolute atomic E-state index is 13.6. The molecule has 0 bridgehead atoms. The molecule has 6 heteroatoms. The van der Waals surface area contributed by atoms with Gasteiger partial charge in [-0.05, 0) is 24.3 Å². The van der Waals surface area contributed by atoms with Crippen LogP contribution >= 0.6 is 15.9 Å². The second kappa shape index (κ2) is 6.22. The van der Waals surface area contributed by atoms with Gasteiger partial charge in [-0.3, -0.25) is 4.79 Å². The summed E-state index contributed by atoms with van der Waals surface area (Å²) in [5.74, 6) is -1.67. The van der Waals surface area contributed by atoms with Gasteiger partial charge in [-0.1, -0.05) is 22.0 Å². The van der Waals surface area contributed by atoms with Crippen LogP contribution in [0.4, 0.5) is 14.5 Å². The zero-order chi connectivity index (χ0) is 15.6. The van der Waals surface area contributed by atoms with Crippen LogP contribution in [-0.4, -0.2) is 17.9 Å². The molecule has 2 aromatic carbocycles. The Hall–Kier alpha value is -1.95. The largest absolute Gasteiger partial charge is 0.398 e. The van der Waals surface area contributed by atoms with Gasteiger partial charge in [-0.15, -0.1) is 0 Å². The number of hydrogen-bond acceptors (Lipinski definition) is 2. The molecule has 1 amide bonds. The first-order valence-corrected chi connectivity index (χ1v) is 6.92. The minimum absolute atomic E-state index is 0.0247. The van der Waals surface area contributed by atoms with E-state index in [4.69, 9.17) is 5.73 Å².